The Morgan fingerprint density at radius 2 is 2.17 bits per heavy atom. The number of hydrogen-bond acceptors (Lipinski definition) is 5. The van der Waals surface area contributed by atoms with Crippen LogP contribution < -0.4 is 5.32 Å². The van der Waals surface area contributed by atoms with Crippen LogP contribution in [0.2, 0.25) is 0 Å². The Morgan fingerprint density at radius 1 is 1.35 bits per heavy atom. The van der Waals surface area contributed by atoms with Crippen molar-refractivity contribution in [3.05, 3.63) is 36.9 Å². The molecule has 0 spiro atoms. The molecule has 23 heavy (non-hydrogen) atoms. The van der Waals surface area contributed by atoms with Crippen LogP contribution in [0.25, 0.3) is 11.0 Å². The van der Waals surface area contributed by atoms with E-state index >= 15 is 0 Å². The maximum atomic E-state index is 12.3. The molecule has 2 aromatic heterocycles. The zero-order chi connectivity index (χ0) is 16.2. The number of aryl methyl sites for hydroxylation is 1. The van der Waals surface area contributed by atoms with Crippen LogP contribution in [0.1, 0.15) is 13.0 Å². The van der Waals surface area contributed by atoms with E-state index in [1.165, 1.54) is 0 Å². The van der Waals surface area contributed by atoms with Crippen molar-refractivity contribution in [2.75, 3.05) is 12.3 Å². The number of aromatic nitrogens is 5. The van der Waals surface area contributed by atoms with Crippen LogP contribution in [0.5, 0.6) is 0 Å². The third-order valence-corrected chi connectivity index (χ3v) is 4.62. The number of imidazole rings is 1. The first-order valence-corrected chi connectivity index (χ1v) is 8.31. The van der Waals surface area contributed by atoms with Crippen LogP contribution in [0, 0.1) is 0 Å². The summed E-state index contributed by atoms with van der Waals surface area (Å²) in [4.78, 5) is 16.6. The molecule has 0 radical (unpaired) electrons. The summed E-state index contributed by atoms with van der Waals surface area (Å²) in [5, 5.41) is 11.6. The predicted molar refractivity (Wildman–Crippen MR) is 89.2 cm³/mol. The first-order chi connectivity index (χ1) is 11.2. The van der Waals surface area contributed by atoms with Crippen molar-refractivity contribution in [3.63, 3.8) is 0 Å². The van der Waals surface area contributed by atoms with Crippen LogP contribution in [0.3, 0.4) is 0 Å². The average molecular weight is 330 g/mol. The third kappa shape index (κ3) is 3.37. The molecule has 1 atom stereocenters. The molecule has 3 rings (SSSR count). The summed E-state index contributed by atoms with van der Waals surface area (Å²) in [5.74, 6) is 0.724. The minimum absolute atomic E-state index is 0.0216. The highest BCUT2D eigenvalue weighted by molar-refractivity contribution is 7.99. The van der Waals surface area contributed by atoms with Gasteiger partial charge in [-0.05, 0) is 19.1 Å². The lowest BCUT2D eigenvalue weighted by Gasteiger charge is -2.14. The van der Waals surface area contributed by atoms with E-state index in [-0.39, 0.29) is 11.9 Å². The third-order valence-electron chi connectivity index (χ3n) is 3.58. The number of nitrogens with zero attached hydrogens (tertiary/aromatic N) is 5. The normalized spacial score (nSPS) is 12.4. The lowest BCUT2D eigenvalue weighted by atomic mass is 10.2. The number of hydrogen-bond donors (Lipinski definition) is 1. The highest BCUT2D eigenvalue weighted by Gasteiger charge is 2.16. The molecule has 120 valence electrons. The Morgan fingerprint density at radius 3 is 2.96 bits per heavy atom. The number of para-hydroxylation sites is 2. The van der Waals surface area contributed by atoms with E-state index < -0.39 is 0 Å². The monoisotopic (exact) mass is 330 g/mol. The van der Waals surface area contributed by atoms with Crippen molar-refractivity contribution >= 4 is 28.7 Å². The second-order valence-electron chi connectivity index (χ2n) is 5.18. The van der Waals surface area contributed by atoms with Crippen molar-refractivity contribution in [2.45, 2.75) is 18.1 Å². The fraction of sp³-hybridized carbons (Fsp3) is 0.333. The van der Waals surface area contributed by atoms with Gasteiger partial charge >= 0.3 is 0 Å². The van der Waals surface area contributed by atoms with Gasteiger partial charge in [-0.15, -0.1) is 10.2 Å². The molecule has 0 aliphatic heterocycles. The number of carbonyl (C=O) groups is 1. The molecular formula is C15H18N6OS. The SMILES string of the molecule is C[C@@H](C(=O)NCCSc1nncn1C)n1cnc2ccccc21. The van der Waals surface area contributed by atoms with E-state index in [0.29, 0.717) is 6.54 Å². The van der Waals surface area contributed by atoms with E-state index in [1.54, 1.807) is 24.4 Å². The summed E-state index contributed by atoms with van der Waals surface area (Å²) < 4.78 is 3.74. The number of fused-ring (bicyclic) bond motifs is 1. The van der Waals surface area contributed by atoms with Crippen molar-refractivity contribution in [2.24, 2.45) is 7.05 Å². The van der Waals surface area contributed by atoms with Crippen LogP contribution in [-0.2, 0) is 11.8 Å². The maximum Gasteiger partial charge on any atom is 0.242 e. The molecule has 0 aliphatic rings. The quantitative estimate of drug-likeness (QED) is 0.549. The molecule has 8 heteroatoms. The van der Waals surface area contributed by atoms with Crippen molar-refractivity contribution < 1.29 is 4.79 Å². The summed E-state index contributed by atoms with van der Waals surface area (Å²) in [6, 6.07) is 7.49. The van der Waals surface area contributed by atoms with Crippen molar-refractivity contribution in [1.82, 2.24) is 29.6 Å². The second kappa shape index (κ2) is 6.82. The molecule has 2 heterocycles. The average Bonchev–Trinajstić information content (AvgIpc) is 3.17. The van der Waals surface area contributed by atoms with Gasteiger partial charge in [-0.25, -0.2) is 4.98 Å². The van der Waals surface area contributed by atoms with Gasteiger partial charge in [0.1, 0.15) is 12.4 Å². The lowest BCUT2D eigenvalue weighted by molar-refractivity contribution is -0.123. The van der Waals surface area contributed by atoms with E-state index in [1.807, 2.05) is 47.4 Å². The number of nitrogens with one attached hydrogen (secondary N) is 1. The van der Waals surface area contributed by atoms with E-state index in [2.05, 4.69) is 20.5 Å². The number of benzene rings is 1. The summed E-state index contributed by atoms with van der Waals surface area (Å²) in [7, 11) is 1.90. The molecule has 0 fully saturated rings. The highest BCUT2D eigenvalue weighted by atomic mass is 32.2. The van der Waals surface area contributed by atoms with Gasteiger partial charge in [0.15, 0.2) is 5.16 Å². The fourth-order valence-electron chi connectivity index (χ4n) is 2.28. The van der Waals surface area contributed by atoms with Crippen molar-refractivity contribution in [1.29, 1.82) is 0 Å². The second-order valence-corrected chi connectivity index (χ2v) is 6.24. The van der Waals surface area contributed by atoms with Crippen molar-refractivity contribution in [3.8, 4) is 0 Å². The maximum absolute atomic E-state index is 12.3. The molecule has 1 N–H and O–H groups in total. The molecule has 1 amide bonds. The standard InChI is InChI=1S/C15H18N6OS/c1-11(21-9-17-12-5-3-4-6-13(12)21)14(22)16-7-8-23-15-19-18-10-20(15)2/h3-6,9-11H,7-8H2,1-2H3,(H,16,22)/t11-/m0/s1. The molecular weight excluding hydrogens is 312 g/mol. The number of amides is 1. The fourth-order valence-corrected chi connectivity index (χ4v) is 3.02. The summed E-state index contributed by atoms with van der Waals surface area (Å²) in [6.45, 7) is 2.45. The summed E-state index contributed by atoms with van der Waals surface area (Å²) >= 11 is 1.56. The summed E-state index contributed by atoms with van der Waals surface area (Å²) in [5.41, 5.74) is 1.86. The van der Waals surface area contributed by atoms with Gasteiger partial charge in [0, 0.05) is 19.3 Å². The first-order valence-electron chi connectivity index (χ1n) is 7.33. The minimum atomic E-state index is -0.303. The molecule has 0 saturated heterocycles. The number of thioether (sulfide) groups is 1. The molecule has 0 aliphatic carbocycles. The molecule has 1 aromatic carbocycles. The predicted octanol–water partition coefficient (Wildman–Crippen LogP) is 1.63. The van der Waals surface area contributed by atoms with Gasteiger partial charge in [-0.3, -0.25) is 4.79 Å². The van der Waals surface area contributed by atoms with Gasteiger partial charge in [0.2, 0.25) is 5.91 Å². The Bertz CT molecular complexity index is 811. The summed E-state index contributed by atoms with van der Waals surface area (Å²) in [6.07, 6.45) is 3.37. The first kappa shape index (κ1) is 15.5. The largest absolute Gasteiger partial charge is 0.353 e. The highest BCUT2D eigenvalue weighted by Crippen LogP contribution is 2.17. The minimum Gasteiger partial charge on any atom is -0.353 e. The van der Waals surface area contributed by atoms with E-state index in [0.717, 1.165) is 21.9 Å². The zero-order valence-corrected chi connectivity index (χ0v) is 13.8. The molecule has 7 nitrogen and oxygen atoms in total. The Labute approximate surface area is 138 Å². The Kier molecular flexibility index (Phi) is 4.61. The molecule has 3 aromatic rings. The topological polar surface area (TPSA) is 77.6 Å². The molecule has 0 bridgehead atoms. The van der Waals surface area contributed by atoms with Gasteiger partial charge in [-0.1, -0.05) is 23.9 Å². The molecule has 0 unspecified atom stereocenters. The number of carbonyl (C=O) groups excluding carboxylic acids is 1. The Hall–Kier alpha value is -2.35. The lowest BCUT2D eigenvalue weighted by Crippen LogP contribution is -2.32. The number of rotatable bonds is 6. The van der Waals surface area contributed by atoms with Crippen LogP contribution in [-0.4, -0.2) is 42.5 Å². The van der Waals surface area contributed by atoms with E-state index in [4.69, 9.17) is 0 Å². The zero-order valence-electron chi connectivity index (χ0n) is 13.0. The molecule has 0 saturated carbocycles. The Balaban J connectivity index is 1.54. The van der Waals surface area contributed by atoms with Crippen LogP contribution in [0.15, 0.2) is 42.1 Å². The van der Waals surface area contributed by atoms with Gasteiger partial charge in [0.05, 0.1) is 17.4 Å². The van der Waals surface area contributed by atoms with Gasteiger partial charge < -0.3 is 14.5 Å². The van der Waals surface area contributed by atoms with Gasteiger partial charge in [0.25, 0.3) is 0 Å². The van der Waals surface area contributed by atoms with E-state index in [9.17, 15) is 4.79 Å². The van der Waals surface area contributed by atoms with Crippen LogP contribution in [0.4, 0.5) is 0 Å². The van der Waals surface area contributed by atoms with Gasteiger partial charge in [-0.2, -0.15) is 0 Å². The smallest absolute Gasteiger partial charge is 0.242 e. The van der Waals surface area contributed by atoms with Crippen LogP contribution >= 0.6 is 11.8 Å².